The molecule has 0 aliphatic carbocycles. The van der Waals surface area contributed by atoms with Gasteiger partial charge in [-0.05, 0) is 49.7 Å². The van der Waals surface area contributed by atoms with E-state index in [1.807, 2.05) is 42.5 Å². The second-order valence-corrected chi connectivity index (χ2v) is 9.72. The van der Waals surface area contributed by atoms with Crippen molar-refractivity contribution in [3.63, 3.8) is 0 Å². The van der Waals surface area contributed by atoms with Crippen molar-refractivity contribution in [1.82, 2.24) is 0 Å². The van der Waals surface area contributed by atoms with Gasteiger partial charge in [0, 0.05) is 41.5 Å². The van der Waals surface area contributed by atoms with E-state index in [4.69, 9.17) is 32.7 Å². The van der Waals surface area contributed by atoms with Gasteiger partial charge in [-0.2, -0.15) is 0 Å². The Morgan fingerprint density at radius 1 is 0.921 bits per heavy atom. The Bertz CT molecular complexity index is 1500. The molecule has 1 heterocycles. The van der Waals surface area contributed by atoms with Gasteiger partial charge in [0.25, 0.3) is 0 Å². The SMILES string of the molecule is CCN(CC)c1ccc2c(c1)Oc1ccccc1C2Nc1ccc(Cl)c(-c2ccccc2C(=O)OC)c1Cl. The molecule has 5 rings (SSSR count). The van der Waals surface area contributed by atoms with Gasteiger partial charge in [0.05, 0.1) is 34.4 Å². The first kappa shape index (κ1) is 26.0. The maximum Gasteiger partial charge on any atom is 0.338 e. The van der Waals surface area contributed by atoms with Gasteiger partial charge >= 0.3 is 5.97 Å². The Kier molecular flexibility index (Phi) is 7.50. The average molecular weight is 547 g/mol. The van der Waals surface area contributed by atoms with Crippen LogP contribution in [0.2, 0.25) is 10.0 Å². The minimum atomic E-state index is -0.456. The predicted molar refractivity (Wildman–Crippen MR) is 155 cm³/mol. The molecule has 0 saturated carbocycles. The number of carbonyl (C=O) groups is 1. The summed E-state index contributed by atoms with van der Waals surface area (Å²) in [5.74, 6) is 1.13. The van der Waals surface area contributed by atoms with E-state index in [-0.39, 0.29) is 6.04 Å². The molecule has 4 aromatic carbocycles. The van der Waals surface area contributed by atoms with E-state index in [2.05, 4.69) is 42.3 Å². The van der Waals surface area contributed by atoms with Crippen LogP contribution in [0.4, 0.5) is 11.4 Å². The van der Waals surface area contributed by atoms with Crippen molar-refractivity contribution in [2.45, 2.75) is 19.9 Å². The Morgan fingerprint density at radius 3 is 2.39 bits per heavy atom. The summed E-state index contributed by atoms with van der Waals surface area (Å²) in [7, 11) is 1.35. The normalized spacial score (nSPS) is 13.7. The summed E-state index contributed by atoms with van der Waals surface area (Å²) in [6.45, 7) is 6.09. The van der Waals surface area contributed by atoms with Crippen LogP contribution in [0, 0.1) is 0 Å². The highest BCUT2D eigenvalue weighted by Crippen LogP contribution is 2.48. The second kappa shape index (κ2) is 11.0. The molecule has 0 saturated heterocycles. The van der Waals surface area contributed by atoms with Crippen molar-refractivity contribution in [2.75, 3.05) is 30.4 Å². The lowest BCUT2D eigenvalue weighted by Crippen LogP contribution is -2.23. The number of ether oxygens (including phenoxy) is 2. The Morgan fingerprint density at radius 2 is 1.63 bits per heavy atom. The number of hydrogen-bond acceptors (Lipinski definition) is 5. The van der Waals surface area contributed by atoms with Crippen LogP contribution in [-0.2, 0) is 4.74 Å². The van der Waals surface area contributed by atoms with E-state index in [9.17, 15) is 4.79 Å². The number of esters is 1. The number of anilines is 2. The van der Waals surface area contributed by atoms with Gasteiger partial charge in [-0.15, -0.1) is 0 Å². The molecule has 1 unspecified atom stereocenters. The van der Waals surface area contributed by atoms with Crippen LogP contribution >= 0.6 is 23.2 Å². The van der Waals surface area contributed by atoms with Gasteiger partial charge in [-0.3, -0.25) is 0 Å². The first-order chi connectivity index (χ1) is 18.5. The molecule has 0 aromatic heterocycles. The molecule has 1 N–H and O–H groups in total. The van der Waals surface area contributed by atoms with E-state index in [1.54, 1.807) is 18.2 Å². The minimum absolute atomic E-state index is 0.219. The number of carbonyl (C=O) groups excluding carboxylic acids is 1. The Balaban J connectivity index is 1.61. The van der Waals surface area contributed by atoms with E-state index in [1.165, 1.54) is 7.11 Å². The molecule has 0 amide bonds. The summed E-state index contributed by atoms with van der Waals surface area (Å²) in [6.07, 6.45) is 0. The molecular formula is C31H28Cl2N2O3. The van der Waals surface area contributed by atoms with Crippen LogP contribution in [-0.4, -0.2) is 26.2 Å². The summed E-state index contributed by atoms with van der Waals surface area (Å²) in [5, 5.41) is 4.49. The monoisotopic (exact) mass is 546 g/mol. The highest BCUT2D eigenvalue weighted by molar-refractivity contribution is 6.41. The fourth-order valence-electron chi connectivity index (χ4n) is 4.94. The van der Waals surface area contributed by atoms with Gasteiger partial charge in [0.15, 0.2) is 0 Å². The molecule has 7 heteroatoms. The molecule has 5 nitrogen and oxygen atoms in total. The highest BCUT2D eigenvalue weighted by Gasteiger charge is 2.29. The first-order valence-electron chi connectivity index (χ1n) is 12.5. The fourth-order valence-corrected chi connectivity index (χ4v) is 5.57. The van der Waals surface area contributed by atoms with E-state index >= 15 is 0 Å². The maximum absolute atomic E-state index is 12.5. The number of methoxy groups -OCH3 is 1. The maximum atomic E-state index is 12.5. The number of halogens is 2. The summed E-state index contributed by atoms with van der Waals surface area (Å²) >= 11 is 13.7. The molecule has 194 valence electrons. The van der Waals surface area contributed by atoms with Crippen molar-refractivity contribution < 1.29 is 14.3 Å². The summed E-state index contributed by atoms with van der Waals surface area (Å²) in [5.41, 5.74) is 5.36. The molecule has 1 aliphatic heterocycles. The van der Waals surface area contributed by atoms with Crippen molar-refractivity contribution in [3.05, 3.63) is 106 Å². The number of hydrogen-bond donors (Lipinski definition) is 1. The average Bonchev–Trinajstić information content (AvgIpc) is 2.94. The Hall–Kier alpha value is -3.67. The summed E-state index contributed by atoms with van der Waals surface area (Å²) in [6, 6.07) is 24.9. The van der Waals surface area contributed by atoms with Gasteiger partial charge in [-0.25, -0.2) is 4.79 Å². The number of nitrogens with one attached hydrogen (secondary N) is 1. The topological polar surface area (TPSA) is 50.8 Å². The number of fused-ring (bicyclic) bond motifs is 2. The van der Waals surface area contributed by atoms with Crippen LogP contribution in [0.25, 0.3) is 11.1 Å². The molecule has 38 heavy (non-hydrogen) atoms. The van der Waals surface area contributed by atoms with Crippen LogP contribution < -0.4 is 15.0 Å². The van der Waals surface area contributed by atoms with Crippen molar-refractivity contribution in [2.24, 2.45) is 0 Å². The molecular weight excluding hydrogens is 519 g/mol. The zero-order chi connectivity index (χ0) is 26.8. The van der Waals surface area contributed by atoms with E-state index in [0.29, 0.717) is 32.4 Å². The van der Waals surface area contributed by atoms with Crippen LogP contribution in [0.1, 0.15) is 41.4 Å². The zero-order valence-electron chi connectivity index (χ0n) is 21.4. The van der Waals surface area contributed by atoms with Crippen LogP contribution in [0.15, 0.2) is 78.9 Å². The van der Waals surface area contributed by atoms with E-state index in [0.717, 1.165) is 41.4 Å². The quantitative estimate of drug-likeness (QED) is 0.235. The summed E-state index contributed by atoms with van der Waals surface area (Å²) < 4.78 is 11.3. The summed E-state index contributed by atoms with van der Waals surface area (Å²) in [4.78, 5) is 14.8. The van der Waals surface area contributed by atoms with Gasteiger partial charge in [0.1, 0.15) is 11.5 Å². The fraction of sp³-hybridized carbons (Fsp3) is 0.194. The van der Waals surface area contributed by atoms with Crippen LogP contribution in [0.5, 0.6) is 11.5 Å². The molecule has 1 aliphatic rings. The van der Waals surface area contributed by atoms with Crippen molar-refractivity contribution in [3.8, 4) is 22.6 Å². The largest absolute Gasteiger partial charge is 0.465 e. The zero-order valence-corrected chi connectivity index (χ0v) is 22.9. The second-order valence-electron chi connectivity index (χ2n) is 8.93. The van der Waals surface area contributed by atoms with Crippen molar-refractivity contribution >= 4 is 40.5 Å². The van der Waals surface area contributed by atoms with Gasteiger partial charge in [0.2, 0.25) is 0 Å². The lowest BCUT2D eigenvalue weighted by atomic mass is 9.93. The lowest BCUT2D eigenvalue weighted by Gasteiger charge is -2.31. The molecule has 1 atom stereocenters. The lowest BCUT2D eigenvalue weighted by molar-refractivity contribution is 0.0601. The van der Waals surface area contributed by atoms with Crippen LogP contribution in [0.3, 0.4) is 0 Å². The molecule has 0 bridgehead atoms. The molecule has 4 aromatic rings. The van der Waals surface area contributed by atoms with Gasteiger partial charge < -0.3 is 19.7 Å². The standard InChI is InChI=1S/C31H28Cl2N2O3/c1-4-35(5-2)19-14-15-23-27(18-19)38-26-13-9-8-12-22(26)30(23)34-25-17-16-24(32)28(29(25)33)20-10-6-7-11-21(20)31(36)37-3/h6-18,30,34H,4-5H2,1-3H3. The molecule has 0 fully saturated rings. The number of benzene rings is 4. The molecule has 0 spiro atoms. The highest BCUT2D eigenvalue weighted by atomic mass is 35.5. The Labute approximate surface area is 232 Å². The number of rotatable bonds is 7. The smallest absolute Gasteiger partial charge is 0.338 e. The predicted octanol–water partition coefficient (Wildman–Crippen LogP) is 8.60. The number of nitrogens with zero attached hydrogens (tertiary/aromatic N) is 1. The van der Waals surface area contributed by atoms with Gasteiger partial charge in [-0.1, -0.05) is 65.7 Å². The third-order valence-electron chi connectivity index (χ3n) is 6.88. The minimum Gasteiger partial charge on any atom is -0.465 e. The third-order valence-corrected chi connectivity index (χ3v) is 7.59. The number of para-hydroxylation sites is 1. The van der Waals surface area contributed by atoms with Crippen molar-refractivity contribution in [1.29, 1.82) is 0 Å². The third kappa shape index (κ3) is 4.68. The molecule has 0 radical (unpaired) electrons. The van der Waals surface area contributed by atoms with E-state index < -0.39 is 5.97 Å². The first-order valence-corrected chi connectivity index (χ1v) is 13.3.